The second kappa shape index (κ2) is 8.49. The summed E-state index contributed by atoms with van der Waals surface area (Å²) in [5.74, 6) is -2.95. The second-order valence-corrected chi connectivity index (χ2v) is 8.25. The van der Waals surface area contributed by atoms with E-state index in [1.165, 1.54) is 9.80 Å². The van der Waals surface area contributed by atoms with Crippen LogP contribution in [-0.4, -0.2) is 50.8 Å². The number of primary amides is 1. The van der Waals surface area contributed by atoms with E-state index in [-0.39, 0.29) is 30.9 Å². The number of hydrogen-bond acceptors (Lipinski definition) is 4. The number of alkyl halides is 3. The quantitative estimate of drug-likeness (QED) is 0.670. The van der Waals surface area contributed by atoms with Crippen LogP contribution in [0.4, 0.5) is 17.6 Å². The van der Waals surface area contributed by atoms with Crippen LogP contribution < -0.4 is 5.73 Å². The van der Waals surface area contributed by atoms with E-state index >= 15 is 0 Å². The molecular weight excluding hydrogens is 446 g/mol. The standard InChI is InChI=1S/C21H21F4N5O3/c22-13-4-3-11(15(7-13)21(23,24)25)6-17(31)30-9-14-16(10-30)27-28-18(14)20(33)29-5-1-2-12(8-29)19(26)32/h3-4,7,12H,1-2,5-6,8-10H2,(H2,26,32)(H,27,28). The van der Waals surface area contributed by atoms with Gasteiger partial charge in [0.2, 0.25) is 11.8 Å². The van der Waals surface area contributed by atoms with Crippen molar-refractivity contribution >= 4 is 17.7 Å². The number of amides is 3. The number of benzene rings is 1. The number of carbonyl (C=O) groups is 3. The molecule has 1 saturated heterocycles. The summed E-state index contributed by atoms with van der Waals surface area (Å²) in [6, 6.07) is 2.20. The lowest BCUT2D eigenvalue weighted by Crippen LogP contribution is -2.44. The number of hydrogen-bond donors (Lipinski definition) is 2. The number of aromatic nitrogens is 2. The van der Waals surface area contributed by atoms with Crippen LogP contribution in [0, 0.1) is 11.7 Å². The number of nitrogens with one attached hydrogen (secondary N) is 1. The summed E-state index contributed by atoms with van der Waals surface area (Å²) < 4.78 is 53.1. The van der Waals surface area contributed by atoms with Crippen LogP contribution in [0.15, 0.2) is 18.2 Å². The summed E-state index contributed by atoms with van der Waals surface area (Å²) in [7, 11) is 0. The highest BCUT2D eigenvalue weighted by Gasteiger charge is 2.37. The van der Waals surface area contributed by atoms with E-state index < -0.39 is 47.6 Å². The van der Waals surface area contributed by atoms with Gasteiger partial charge in [-0.3, -0.25) is 19.5 Å². The second-order valence-electron chi connectivity index (χ2n) is 8.25. The monoisotopic (exact) mass is 467 g/mol. The van der Waals surface area contributed by atoms with Crippen molar-refractivity contribution in [3.63, 3.8) is 0 Å². The fourth-order valence-corrected chi connectivity index (χ4v) is 4.28. The topological polar surface area (TPSA) is 112 Å². The molecule has 2 aromatic rings. The van der Waals surface area contributed by atoms with Crippen LogP contribution in [0.3, 0.4) is 0 Å². The molecule has 0 saturated carbocycles. The number of nitrogens with zero attached hydrogens (tertiary/aromatic N) is 3. The summed E-state index contributed by atoms with van der Waals surface area (Å²) in [4.78, 5) is 40.0. The van der Waals surface area contributed by atoms with Crippen LogP contribution in [0.25, 0.3) is 0 Å². The smallest absolute Gasteiger partial charge is 0.369 e. The number of fused-ring (bicyclic) bond motifs is 1. The summed E-state index contributed by atoms with van der Waals surface area (Å²) >= 11 is 0. The van der Waals surface area contributed by atoms with Gasteiger partial charge in [-0.15, -0.1) is 0 Å². The molecule has 3 N–H and O–H groups in total. The number of rotatable bonds is 4. The number of halogens is 4. The number of nitrogens with two attached hydrogens (primary N) is 1. The Morgan fingerprint density at radius 3 is 2.64 bits per heavy atom. The van der Waals surface area contributed by atoms with Crippen molar-refractivity contribution in [2.24, 2.45) is 11.7 Å². The van der Waals surface area contributed by atoms with Gasteiger partial charge in [-0.05, 0) is 30.5 Å². The molecule has 0 bridgehead atoms. The van der Waals surface area contributed by atoms with Crippen molar-refractivity contribution in [3.8, 4) is 0 Å². The van der Waals surface area contributed by atoms with Crippen LogP contribution in [0.1, 0.15) is 45.7 Å². The largest absolute Gasteiger partial charge is 0.416 e. The van der Waals surface area contributed by atoms with E-state index in [0.717, 1.165) is 12.1 Å². The summed E-state index contributed by atoms with van der Waals surface area (Å²) in [5.41, 5.74) is 4.96. The zero-order valence-electron chi connectivity index (χ0n) is 17.4. The molecule has 1 aromatic carbocycles. The Balaban J connectivity index is 1.47. The van der Waals surface area contributed by atoms with Gasteiger partial charge < -0.3 is 15.5 Å². The zero-order chi connectivity index (χ0) is 23.9. The minimum atomic E-state index is -4.80. The van der Waals surface area contributed by atoms with Crippen molar-refractivity contribution in [3.05, 3.63) is 52.1 Å². The van der Waals surface area contributed by atoms with Gasteiger partial charge in [0, 0.05) is 18.7 Å². The van der Waals surface area contributed by atoms with E-state index in [1.807, 2.05) is 0 Å². The molecule has 1 unspecified atom stereocenters. The van der Waals surface area contributed by atoms with E-state index in [0.29, 0.717) is 36.7 Å². The minimum Gasteiger partial charge on any atom is -0.369 e. The predicted molar refractivity (Wildman–Crippen MR) is 106 cm³/mol. The maximum atomic E-state index is 13.3. The van der Waals surface area contributed by atoms with Crippen molar-refractivity contribution in [2.45, 2.75) is 38.5 Å². The molecule has 33 heavy (non-hydrogen) atoms. The molecular formula is C21H21F4N5O3. The Kier molecular flexibility index (Phi) is 5.85. The SMILES string of the molecule is NC(=O)C1CCCN(C(=O)c2n[nH]c3c2CN(C(=O)Cc2ccc(F)cc2C(F)(F)F)C3)C1. The lowest BCUT2D eigenvalue weighted by Gasteiger charge is -2.30. The average Bonchev–Trinajstić information content (AvgIpc) is 3.35. The first kappa shape index (κ1) is 22.7. The Bertz CT molecular complexity index is 1110. The lowest BCUT2D eigenvalue weighted by atomic mass is 9.97. The highest BCUT2D eigenvalue weighted by atomic mass is 19.4. The highest BCUT2D eigenvalue weighted by molar-refractivity contribution is 5.95. The molecule has 12 heteroatoms. The van der Waals surface area contributed by atoms with E-state index in [1.54, 1.807) is 0 Å². The third-order valence-corrected chi connectivity index (χ3v) is 6.04. The number of H-pyrrole nitrogens is 1. The van der Waals surface area contributed by atoms with Crippen LogP contribution in [-0.2, 0) is 35.3 Å². The van der Waals surface area contributed by atoms with E-state index in [2.05, 4.69) is 10.2 Å². The number of piperidine rings is 1. The minimum absolute atomic E-state index is 0.00136. The lowest BCUT2D eigenvalue weighted by molar-refractivity contribution is -0.139. The number of aromatic amines is 1. The first-order valence-electron chi connectivity index (χ1n) is 10.3. The maximum absolute atomic E-state index is 13.3. The Morgan fingerprint density at radius 2 is 1.94 bits per heavy atom. The first-order valence-corrected chi connectivity index (χ1v) is 10.3. The molecule has 3 amide bonds. The zero-order valence-corrected chi connectivity index (χ0v) is 17.4. The van der Waals surface area contributed by atoms with Gasteiger partial charge >= 0.3 is 6.18 Å². The van der Waals surface area contributed by atoms with Crippen LogP contribution in [0.5, 0.6) is 0 Å². The summed E-state index contributed by atoms with van der Waals surface area (Å²) in [6.07, 6.45) is -4.14. The maximum Gasteiger partial charge on any atom is 0.416 e. The van der Waals surface area contributed by atoms with Crippen LogP contribution >= 0.6 is 0 Å². The van der Waals surface area contributed by atoms with Crippen molar-refractivity contribution in [1.29, 1.82) is 0 Å². The first-order chi connectivity index (χ1) is 15.5. The number of likely N-dealkylation sites (tertiary alicyclic amines) is 1. The molecule has 1 atom stereocenters. The average molecular weight is 467 g/mol. The molecule has 2 aliphatic rings. The molecule has 1 aromatic heterocycles. The third-order valence-electron chi connectivity index (χ3n) is 6.04. The molecule has 4 rings (SSSR count). The van der Waals surface area contributed by atoms with E-state index in [9.17, 15) is 31.9 Å². The molecule has 0 spiro atoms. The molecule has 0 aliphatic carbocycles. The van der Waals surface area contributed by atoms with Gasteiger partial charge in [0.15, 0.2) is 5.69 Å². The molecule has 1 fully saturated rings. The summed E-state index contributed by atoms with van der Waals surface area (Å²) in [6.45, 7) is 0.684. The van der Waals surface area contributed by atoms with Gasteiger partial charge in [-0.1, -0.05) is 6.07 Å². The van der Waals surface area contributed by atoms with Gasteiger partial charge in [-0.2, -0.15) is 18.3 Å². The van der Waals surface area contributed by atoms with E-state index in [4.69, 9.17) is 5.73 Å². The van der Waals surface area contributed by atoms with Crippen LogP contribution in [0.2, 0.25) is 0 Å². The summed E-state index contributed by atoms with van der Waals surface area (Å²) in [5, 5.41) is 6.78. The van der Waals surface area contributed by atoms with Gasteiger partial charge in [0.1, 0.15) is 5.82 Å². The predicted octanol–water partition coefficient (Wildman–Crippen LogP) is 1.99. The molecule has 0 radical (unpaired) electrons. The molecule has 3 heterocycles. The Morgan fingerprint density at radius 1 is 1.18 bits per heavy atom. The van der Waals surface area contributed by atoms with Crippen molar-refractivity contribution in [1.82, 2.24) is 20.0 Å². The van der Waals surface area contributed by atoms with Gasteiger partial charge in [0.25, 0.3) is 5.91 Å². The molecule has 8 nitrogen and oxygen atoms in total. The fraction of sp³-hybridized carbons (Fsp3) is 0.429. The Hall–Kier alpha value is -3.44. The fourth-order valence-electron chi connectivity index (χ4n) is 4.28. The number of carbonyl (C=O) groups excluding carboxylic acids is 3. The highest BCUT2D eigenvalue weighted by Crippen LogP contribution is 2.34. The Labute approximate surface area is 185 Å². The third kappa shape index (κ3) is 4.55. The van der Waals surface area contributed by atoms with Gasteiger partial charge in [0.05, 0.1) is 36.7 Å². The molecule has 176 valence electrons. The molecule has 2 aliphatic heterocycles. The van der Waals surface area contributed by atoms with Crippen molar-refractivity contribution in [2.75, 3.05) is 13.1 Å². The van der Waals surface area contributed by atoms with Gasteiger partial charge in [-0.25, -0.2) is 4.39 Å². The normalized spacial score (nSPS) is 18.4. The van der Waals surface area contributed by atoms with Crippen molar-refractivity contribution < 1.29 is 31.9 Å².